The third kappa shape index (κ3) is 22.4. The largest absolute Gasteiger partial charge is 0.396 e. The van der Waals surface area contributed by atoms with E-state index in [1.165, 1.54) is 84.8 Å². The van der Waals surface area contributed by atoms with Crippen LogP contribution in [0.3, 0.4) is 0 Å². The SMILES string of the molecule is CCCCCCc1cccc(C(=C(CCCC)C(=C=[N+]=[N-])CCCCC)c2cccc(CCCC)c2)c1.CCCCO.CCCCO.[Ni]. The molecule has 4 nitrogen and oxygen atoms in total. The van der Waals surface area contributed by atoms with Crippen molar-refractivity contribution in [1.29, 1.82) is 0 Å². The van der Waals surface area contributed by atoms with Crippen molar-refractivity contribution in [2.75, 3.05) is 13.2 Å². The summed E-state index contributed by atoms with van der Waals surface area (Å²) in [7, 11) is 0. The molecule has 0 aliphatic heterocycles. The van der Waals surface area contributed by atoms with Gasteiger partial charge in [-0.05, 0) is 97.6 Å². The summed E-state index contributed by atoms with van der Waals surface area (Å²) in [6, 6.07) is 18.3. The molecule has 0 saturated carbocycles. The zero-order valence-electron chi connectivity index (χ0n) is 31.6. The Balaban J connectivity index is 0. The predicted octanol–water partition coefficient (Wildman–Crippen LogP) is 12.1. The minimum Gasteiger partial charge on any atom is -0.396 e. The van der Waals surface area contributed by atoms with Crippen LogP contribution < -0.4 is 0 Å². The van der Waals surface area contributed by atoms with E-state index >= 15 is 0 Å². The molecule has 2 rings (SSSR count). The molecule has 0 atom stereocenters. The summed E-state index contributed by atoms with van der Waals surface area (Å²) in [6.07, 6.45) is 21.4. The smallest absolute Gasteiger partial charge is 0.303 e. The second-order valence-electron chi connectivity index (χ2n) is 12.6. The molecule has 0 fully saturated rings. The van der Waals surface area contributed by atoms with Gasteiger partial charge in [0.2, 0.25) is 0 Å². The number of aryl methyl sites for hydroxylation is 2. The van der Waals surface area contributed by atoms with E-state index in [4.69, 9.17) is 10.2 Å². The van der Waals surface area contributed by atoms with Crippen LogP contribution in [0.15, 0.2) is 59.7 Å². The van der Waals surface area contributed by atoms with Crippen molar-refractivity contribution < 1.29 is 31.5 Å². The molecular formula is C43H70N2NiO2. The first-order chi connectivity index (χ1) is 23.0. The molecular weight excluding hydrogens is 635 g/mol. The van der Waals surface area contributed by atoms with Crippen LogP contribution in [0.25, 0.3) is 11.1 Å². The van der Waals surface area contributed by atoms with E-state index in [0.717, 1.165) is 76.2 Å². The number of rotatable bonds is 22. The van der Waals surface area contributed by atoms with Gasteiger partial charge in [0.1, 0.15) is 0 Å². The normalized spacial score (nSPS) is 10.7. The first-order valence-corrected chi connectivity index (χ1v) is 19.1. The minimum absolute atomic E-state index is 0. The Morgan fingerprint density at radius 1 is 0.583 bits per heavy atom. The molecule has 0 amide bonds. The second-order valence-corrected chi connectivity index (χ2v) is 12.6. The average Bonchev–Trinajstić information content (AvgIpc) is 3.09. The number of nitrogens with zero attached hydrogens (tertiary/aromatic N) is 2. The standard InChI is InChI=1S/C35H50N2.2C4H10O.Ni/c1-5-9-13-15-19-30-21-17-24-32(27-30)35(31-23-16-20-29(26-31)18-11-7-3)34(25-12-8-4)33(28-37-36)22-14-10-6-2;2*1-2-3-4-5;/h16-17,20-21,23-24,26-27H,5-15,18-19,22,25H2,1-4H3;2*5H,2-4H2,1H3;. The maximum absolute atomic E-state index is 9.59. The van der Waals surface area contributed by atoms with Gasteiger partial charge in [-0.25, -0.2) is 0 Å². The van der Waals surface area contributed by atoms with Crippen LogP contribution in [0.1, 0.15) is 173 Å². The summed E-state index contributed by atoms with van der Waals surface area (Å²) in [5, 5.41) is 16.1. The Kier molecular flexibility index (Phi) is 34.5. The molecule has 0 aliphatic rings. The van der Waals surface area contributed by atoms with E-state index in [-0.39, 0.29) is 16.5 Å². The van der Waals surface area contributed by atoms with Gasteiger partial charge in [-0.3, -0.25) is 0 Å². The fraction of sp³-hybridized carbons (Fsp3) is 0.628. The molecule has 0 bridgehead atoms. The van der Waals surface area contributed by atoms with E-state index in [2.05, 4.69) is 101 Å². The number of aliphatic hydroxyl groups is 2. The van der Waals surface area contributed by atoms with Gasteiger partial charge in [0.15, 0.2) is 0 Å². The molecule has 0 radical (unpaired) electrons. The summed E-state index contributed by atoms with van der Waals surface area (Å²) in [5.41, 5.74) is 18.6. The molecule has 2 N–H and O–H groups in total. The van der Waals surface area contributed by atoms with Crippen molar-refractivity contribution in [3.63, 3.8) is 0 Å². The van der Waals surface area contributed by atoms with E-state index in [1.807, 2.05) is 0 Å². The number of aliphatic hydroxyl groups excluding tert-OH is 2. The van der Waals surface area contributed by atoms with Crippen molar-refractivity contribution in [3.8, 4) is 0 Å². The summed E-state index contributed by atoms with van der Waals surface area (Å²) < 4.78 is 0. The first-order valence-electron chi connectivity index (χ1n) is 19.1. The molecule has 0 heterocycles. The Bertz CT molecular complexity index is 1150. The maximum Gasteiger partial charge on any atom is 0.303 e. The average molecular weight is 706 g/mol. The van der Waals surface area contributed by atoms with E-state index in [1.54, 1.807) is 0 Å². The van der Waals surface area contributed by atoms with Crippen molar-refractivity contribution in [3.05, 3.63) is 87.5 Å². The van der Waals surface area contributed by atoms with Crippen LogP contribution in [-0.4, -0.2) is 34.1 Å². The van der Waals surface area contributed by atoms with Gasteiger partial charge >= 0.3 is 5.87 Å². The first kappa shape index (κ1) is 47.9. The topological polar surface area (TPSA) is 76.9 Å². The quantitative estimate of drug-likeness (QED) is 0.0319. The van der Waals surface area contributed by atoms with Gasteiger partial charge in [0, 0.05) is 29.7 Å². The van der Waals surface area contributed by atoms with Crippen molar-refractivity contribution in [1.82, 2.24) is 0 Å². The Morgan fingerprint density at radius 2 is 1.06 bits per heavy atom. The third-order valence-corrected chi connectivity index (χ3v) is 8.25. The van der Waals surface area contributed by atoms with Gasteiger partial charge in [0.05, 0.1) is 5.57 Å². The molecule has 0 saturated heterocycles. The van der Waals surface area contributed by atoms with Gasteiger partial charge in [-0.15, -0.1) is 4.79 Å². The molecule has 0 aromatic heterocycles. The summed E-state index contributed by atoms with van der Waals surface area (Å²) in [6.45, 7) is 13.8. The predicted molar refractivity (Wildman–Crippen MR) is 205 cm³/mol. The number of hydrogen-bond donors (Lipinski definition) is 2. The van der Waals surface area contributed by atoms with Crippen molar-refractivity contribution in [2.45, 2.75) is 164 Å². The van der Waals surface area contributed by atoms with E-state index < -0.39 is 0 Å². The Labute approximate surface area is 306 Å². The molecule has 0 unspecified atom stereocenters. The van der Waals surface area contributed by atoms with Crippen LogP contribution in [0.5, 0.6) is 0 Å². The van der Waals surface area contributed by atoms with E-state index in [0.29, 0.717) is 13.2 Å². The van der Waals surface area contributed by atoms with Gasteiger partial charge in [-0.1, -0.05) is 148 Å². The maximum atomic E-state index is 9.59. The summed E-state index contributed by atoms with van der Waals surface area (Å²) >= 11 is 0. The van der Waals surface area contributed by atoms with Crippen molar-refractivity contribution >= 4 is 11.4 Å². The summed E-state index contributed by atoms with van der Waals surface area (Å²) in [4.78, 5) is 3.43. The minimum atomic E-state index is 0. The van der Waals surface area contributed by atoms with Crippen LogP contribution in [0, 0.1) is 0 Å². The number of allylic oxidation sites excluding steroid dienone is 2. The van der Waals surface area contributed by atoms with Gasteiger partial charge < -0.3 is 15.7 Å². The van der Waals surface area contributed by atoms with Crippen LogP contribution in [0.2, 0.25) is 0 Å². The molecule has 274 valence electrons. The zero-order valence-corrected chi connectivity index (χ0v) is 32.6. The monoisotopic (exact) mass is 704 g/mol. The summed E-state index contributed by atoms with van der Waals surface area (Å²) in [5.74, 6) is 3.02. The van der Waals surface area contributed by atoms with Gasteiger partial charge in [0.25, 0.3) is 0 Å². The second kappa shape index (κ2) is 34.6. The Morgan fingerprint density at radius 3 is 1.50 bits per heavy atom. The number of hydrogen-bond acceptors (Lipinski definition) is 2. The van der Waals surface area contributed by atoms with Gasteiger partial charge in [-0.2, -0.15) is 0 Å². The fourth-order valence-corrected chi connectivity index (χ4v) is 5.40. The molecule has 0 spiro atoms. The van der Waals surface area contributed by atoms with Crippen LogP contribution >= 0.6 is 0 Å². The zero-order chi connectivity index (χ0) is 35.0. The van der Waals surface area contributed by atoms with Crippen LogP contribution in [-0.2, 0) is 29.3 Å². The molecule has 48 heavy (non-hydrogen) atoms. The van der Waals surface area contributed by atoms with Crippen LogP contribution in [0.4, 0.5) is 0 Å². The molecule has 2 aromatic carbocycles. The fourth-order valence-electron chi connectivity index (χ4n) is 5.40. The van der Waals surface area contributed by atoms with Crippen molar-refractivity contribution in [2.24, 2.45) is 0 Å². The number of unbranched alkanes of at least 4 members (excludes halogenated alkanes) is 9. The third-order valence-electron chi connectivity index (χ3n) is 8.25. The molecule has 2 aromatic rings. The molecule has 5 heteroatoms. The Hall–Kier alpha value is -2.25. The number of benzene rings is 2. The molecule has 0 aliphatic carbocycles. The van der Waals surface area contributed by atoms with E-state index in [9.17, 15) is 5.53 Å².